The van der Waals surface area contributed by atoms with Crippen LogP contribution >= 0.6 is 0 Å². The Bertz CT molecular complexity index is 1270. The van der Waals surface area contributed by atoms with Gasteiger partial charge in [-0.3, -0.25) is 14.2 Å². The minimum Gasteiger partial charge on any atom is -0.339 e. The Labute approximate surface area is 173 Å². The van der Waals surface area contributed by atoms with Crippen LogP contribution in [0.5, 0.6) is 0 Å². The Kier molecular flexibility index (Phi) is 5.10. The van der Waals surface area contributed by atoms with Crippen LogP contribution in [-0.4, -0.2) is 21.6 Å². The fraction of sp³-hybridized carbons (Fsp3) is 0.174. The molecule has 1 aliphatic rings. The number of benzene rings is 2. The third kappa shape index (κ3) is 3.57. The highest BCUT2D eigenvalue weighted by Gasteiger charge is 2.22. The smallest absolute Gasteiger partial charge is 0.330 e. The zero-order valence-electron chi connectivity index (χ0n) is 16.8. The van der Waals surface area contributed by atoms with E-state index in [-0.39, 0.29) is 11.5 Å². The van der Waals surface area contributed by atoms with Gasteiger partial charge in [-0.15, -0.1) is 0 Å². The van der Waals surface area contributed by atoms with Crippen LogP contribution in [0, 0.1) is 0 Å². The Morgan fingerprint density at radius 1 is 1.00 bits per heavy atom. The Morgan fingerprint density at radius 3 is 2.50 bits per heavy atom. The van der Waals surface area contributed by atoms with Crippen LogP contribution in [-0.2, 0) is 25.3 Å². The highest BCUT2D eigenvalue weighted by molar-refractivity contribution is 6.04. The van der Waals surface area contributed by atoms with Gasteiger partial charge >= 0.3 is 5.69 Å². The highest BCUT2D eigenvalue weighted by atomic mass is 16.2. The molecule has 30 heavy (non-hydrogen) atoms. The number of carbonyl (C=O) groups is 1. The summed E-state index contributed by atoms with van der Waals surface area (Å²) >= 11 is 0. The molecule has 0 unspecified atom stereocenters. The SMILES string of the molecule is Cn1cc(/C=C/C(=O)Nc2ccccc2N2CCc3ccccc32)c(=O)n(C)c1=O. The van der Waals surface area contributed by atoms with Crippen molar-refractivity contribution < 1.29 is 4.79 Å². The van der Waals surface area contributed by atoms with E-state index in [0.717, 1.165) is 28.9 Å². The van der Waals surface area contributed by atoms with E-state index in [1.165, 1.54) is 35.5 Å². The molecule has 0 bridgehead atoms. The lowest BCUT2D eigenvalue weighted by Crippen LogP contribution is -2.37. The van der Waals surface area contributed by atoms with Crippen molar-refractivity contribution in [2.45, 2.75) is 6.42 Å². The van der Waals surface area contributed by atoms with Gasteiger partial charge in [0.05, 0.1) is 16.9 Å². The molecule has 0 radical (unpaired) electrons. The van der Waals surface area contributed by atoms with Gasteiger partial charge < -0.3 is 14.8 Å². The predicted molar refractivity (Wildman–Crippen MR) is 118 cm³/mol. The number of aryl methyl sites for hydroxylation is 1. The van der Waals surface area contributed by atoms with Gasteiger partial charge in [-0.05, 0) is 36.3 Å². The third-order valence-electron chi connectivity index (χ3n) is 5.23. The van der Waals surface area contributed by atoms with E-state index in [2.05, 4.69) is 22.3 Å². The molecule has 4 rings (SSSR count). The summed E-state index contributed by atoms with van der Waals surface area (Å²) in [7, 11) is 2.97. The van der Waals surface area contributed by atoms with E-state index >= 15 is 0 Å². The summed E-state index contributed by atoms with van der Waals surface area (Å²) in [6.45, 7) is 0.843. The van der Waals surface area contributed by atoms with Gasteiger partial charge in [0.25, 0.3) is 5.56 Å². The van der Waals surface area contributed by atoms with Crippen LogP contribution < -0.4 is 21.5 Å². The van der Waals surface area contributed by atoms with Gasteiger partial charge in [0.2, 0.25) is 5.91 Å². The molecular formula is C23H22N4O3. The third-order valence-corrected chi connectivity index (χ3v) is 5.23. The van der Waals surface area contributed by atoms with Crippen LogP contribution in [0.2, 0.25) is 0 Å². The number of hydrogen-bond acceptors (Lipinski definition) is 4. The first-order valence-corrected chi connectivity index (χ1v) is 9.66. The molecule has 3 aromatic rings. The standard InChI is InChI=1S/C23H22N4O3/c1-25-15-17(22(29)26(2)23(25)30)11-12-21(28)24-18-8-4-6-10-20(18)27-14-13-16-7-3-5-9-19(16)27/h3-12,15H,13-14H2,1-2H3,(H,24,28)/b12-11+. The first kappa shape index (κ1) is 19.4. The maximum absolute atomic E-state index is 12.6. The molecule has 1 aromatic heterocycles. The van der Waals surface area contributed by atoms with E-state index in [4.69, 9.17) is 0 Å². The van der Waals surface area contributed by atoms with Crippen molar-refractivity contribution in [2.24, 2.45) is 14.1 Å². The lowest BCUT2D eigenvalue weighted by molar-refractivity contribution is -0.111. The molecular weight excluding hydrogens is 380 g/mol. The van der Waals surface area contributed by atoms with E-state index < -0.39 is 11.2 Å². The second-order valence-corrected chi connectivity index (χ2v) is 7.21. The normalized spacial score (nSPS) is 12.9. The minimum absolute atomic E-state index is 0.261. The van der Waals surface area contributed by atoms with Crippen molar-refractivity contribution in [3.8, 4) is 0 Å². The number of nitrogens with one attached hydrogen (secondary N) is 1. The average Bonchev–Trinajstić information content (AvgIpc) is 3.18. The van der Waals surface area contributed by atoms with Crippen molar-refractivity contribution >= 4 is 29.0 Å². The molecule has 1 N–H and O–H groups in total. The second-order valence-electron chi connectivity index (χ2n) is 7.21. The number of anilines is 3. The first-order chi connectivity index (χ1) is 14.5. The number of hydrogen-bond donors (Lipinski definition) is 1. The number of amides is 1. The Morgan fingerprint density at radius 2 is 1.70 bits per heavy atom. The summed E-state index contributed by atoms with van der Waals surface area (Å²) in [5, 5.41) is 2.90. The molecule has 0 fully saturated rings. The molecule has 7 heteroatoms. The topological polar surface area (TPSA) is 76.3 Å². The average molecular weight is 402 g/mol. The number of aromatic nitrogens is 2. The van der Waals surface area contributed by atoms with Crippen LogP contribution in [0.3, 0.4) is 0 Å². The summed E-state index contributed by atoms with van der Waals surface area (Å²) < 4.78 is 2.32. The summed E-state index contributed by atoms with van der Waals surface area (Å²) in [6.07, 6.45) is 5.10. The number of rotatable bonds is 4. The van der Waals surface area contributed by atoms with Gasteiger partial charge in [-0.1, -0.05) is 30.3 Å². The van der Waals surface area contributed by atoms with Gasteiger partial charge in [0.1, 0.15) is 0 Å². The maximum Gasteiger partial charge on any atom is 0.330 e. The van der Waals surface area contributed by atoms with Crippen LogP contribution in [0.1, 0.15) is 11.1 Å². The molecule has 0 aliphatic carbocycles. The highest BCUT2D eigenvalue weighted by Crippen LogP contribution is 2.38. The molecule has 2 heterocycles. The molecule has 0 saturated carbocycles. The zero-order chi connectivity index (χ0) is 21.3. The molecule has 152 valence electrons. The lowest BCUT2D eigenvalue weighted by atomic mass is 10.1. The molecule has 1 aliphatic heterocycles. The number of nitrogens with zero attached hydrogens (tertiary/aromatic N) is 3. The molecule has 1 amide bonds. The Hall–Kier alpha value is -3.87. The lowest BCUT2D eigenvalue weighted by Gasteiger charge is -2.22. The van der Waals surface area contributed by atoms with E-state index in [1.54, 1.807) is 7.05 Å². The quantitative estimate of drug-likeness (QED) is 0.680. The monoisotopic (exact) mass is 402 g/mol. The zero-order valence-corrected chi connectivity index (χ0v) is 16.8. The van der Waals surface area contributed by atoms with Crippen LogP contribution in [0.15, 0.2) is 70.4 Å². The molecule has 0 spiro atoms. The molecule has 7 nitrogen and oxygen atoms in total. The fourth-order valence-electron chi connectivity index (χ4n) is 3.69. The summed E-state index contributed by atoms with van der Waals surface area (Å²) in [6, 6.07) is 15.9. The second kappa shape index (κ2) is 7.87. The number of carbonyl (C=O) groups excluding carboxylic acids is 1. The minimum atomic E-state index is -0.448. The largest absolute Gasteiger partial charge is 0.339 e. The number of fused-ring (bicyclic) bond motifs is 1. The summed E-state index contributed by atoms with van der Waals surface area (Å²) in [4.78, 5) is 38.8. The fourth-order valence-corrected chi connectivity index (χ4v) is 3.69. The Balaban J connectivity index is 1.58. The predicted octanol–water partition coefficient (Wildman–Crippen LogP) is 2.43. The van der Waals surface area contributed by atoms with Crippen molar-refractivity contribution in [1.29, 1.82) is 0 Å². The first-order valence-electron chi connectivity index (χ1n) is 9.66. The van der Waals surface area contributed by atoms with Gasteiger partial charge in [-0.2, -0.15) is 0 Å². The van der Waals surface area contributed by atoms with Crippen LogP contribution in [0.25, 0.3) is 6.08 Å². The molecule has 0 saturated heterocycles. The van der Waals surface area contributed by atoms with Crippen molar-refractivity contribution in [3.63, 3.8) is 0 Å². The van der Waals surface area contributed by atoms with E-state index in [0.29, 0.717) is 5.69 Å². The molecule has 0 atom stereocenters. The van der Waals surface area contributed by atoms with E-state index in [1.807, 2.05) is 36.4 Å². The van der Waals surface area contributed by atoms with Gasteiger partial charge in [0, 0.05) is 38.6 Å². The van der Waals surface area contributed by atoms with Crippen LogP contribution in [0.4, 0.5) is 17.1 Å². The number of para-hydroxylation sites is 3. The van der Waals surface area contributed by atoms with Crippen molar-refractivity contribution in [1.82, 2.24) is 9.13 Å². The van der Waals surface area contributed by atoms with Crippen molar-refractivity contribution in [2.75, 3.05) is 16.8 Å². The van der Waals surface area contributed by atoms with E-state index in [9.17, 15) is 14.4 Å². The molecule has 2 aromatic carbocycles. The summed E-state index contributed by atoms with van der Waals surface area (Å²) in [5.41, 5.74) is 3.43. The maximum atomic E-state index is 12.6. The van der Waals surface area contributed by atoms with Crippen molar-refractivity contribution in [3.05, 3.63) is 92.8 Å². The van der Waals surface area contributed by atoms with Gasteiger partial charge in [0.15, 0.2) is 0 Å². The van der Waals surface area contributed by atoms with Gasteiger partial charge in [-0.25, -0.2) is 4.79 Å². The summed E-state index contributed by atoms with van der Waals surface area (Å²) in [5.74, 6) is -0.356.